The number of esters is 1. The summed E-state index contributed by atoms with van der Waals surface area (Å²) in [6.45, 7) is -0.478. The van der Waals surface area contributed by atoms with Gasteiger partial charge in [0.2, 0.25) is 0 Å². The first-order valence-electron chi connectivity index (χ1n) is 8.32. The summed E-state index contributed by atoms with van der Waals surface area (Å²) in [6.07, 6.45) is 0. The molecule has 3 aromatic rings. The molecule has 1 aromatic heterocycles. The van der Waals surface area contributed by atoms with E-state index in [9.17, 15) is 18.8 Å². The minimum Gasteiger partial charge on any atom is -0.451 e. The third-order valence-corrected chi connectivity index (χ3v) is 4.95. The van der Waals surface area contributed by atoms with Crippen molar-refractivity contribution in [1.29, 1.82) is 0 Å². The molecule has 0 saturated heterocycles. The van der Waals surface area contributed by atoms with E-state index in [0.717, 1.165) is 11.3 Å². The SMILES string of the molecule is CN(C)C(=O)c1ccc(NC(=O)COC(=O)c2cc3c(F)cccc3s2)cc1. The summed E-state index contributed by atoms with van der Waals surface area (Å²) < 4.78 is 19.3. The van der Waals surface area contributed by atoms with Crippen molar-refractivity contribution in [2.75, 3.05) is 26.0 Å². The lowest BCUT2D eigenvalue weighted by Gasteiger charge is -2.11. The highest BCUT2D eigenvalue weighted by molar-refractivity contribution is 7.20. The number of hydrogen-bond acceptors (Lipinski definition) is 5. The van der Waals surface area contributed by atoms with Crippen LogP contribution in [0.5, 0.6) is 0 Å². The maximum absolute atomic E-state index is 13.7. The number of thiophene rings is 1. The van der Waals surface area contributed by atoms with Gasteiger partial charge in [0.15, 0.2) is 6.61 Å². The van der Waals surface area contributed by atoms with Gasteiger partial charge >= 0.3 is 5.97 Å². The predicted octanol–water partition coefficient (Wildman–Crippen LogP) is 3.54. The van der Waals surface area contributed by atoms with E-state index in [4.69, 9.17) is 4.74 Å². The number of rotatable bonds is 5. The Morgan fingerprint density at radius 3 is 2.46 bits per heavy atom. The van der Waals surface area contributed by atoms with Gasteiger partial charge in [-0.2, -0.15) is 0 Å². The normalized spacial score (nSPS) is 10.5. The van der Waals surface area contributed by atoms with Gasteiger partial charge in [-0.1, -0.05) is 6.07 Å². The van der Waals surface area contributed by atoms with Crippen molar-refractivity contribution >= 4 is 44.9 Å². The molecule has 0 saturated carbocycles. The zero-order chi connectivity index (χ0) is 20.3. The van der Waals surface area contributed by atoms with Crippen molar-refractivity contribution < 1.29 is 23.5 Å². The van der Waals surface area contributed by atoms with Crippen LogP contribution in [0.4, 0.5) is 10.1 Å². The molecule has 0 atom stereocenters. The molecule has 28 heavy (non-hydrogen) atoms. The molecule has 0 unspecified atom stereocenters. The molecule has 2 amide bonds. The third-order valence-electron chi connectivity index (χ3n) is 3.87. The summed E-state index contributed by atoms with van der Waals surface area (Å²) in [5.74, 6) is -1.77. The molecule has 0 aliphatic heterocycles. The number of amides is 2. The van der Waals surface area contributed by atoms with E-state index in [1.165, 1.54) is 17.0 Å². The number of nitrogens with one attached hydrogen (secondary N) is 1. The first kappa shape index (κ1) is 19.5. The summed E-state index contributed by atoms with van der Waals surface area (Å²) in [5.41, 5.74) is 0.965. The first-order valence-corrected chi connectivity index (χ1v) is 9.13. The molecule has 1 N–H and O–H groups in total. The van der Waals surface area contributed by atoms with Gasteiger partial charge in [-0.25, -0.2) is 9.18 Å². The second-order valence-electron chi connectivity index (χ2n) is 6.16. The van der Waals surface area contributed by atoms with Crippen molar-refractivity contribution in [2.24, 2.45) is 0 Å². The fraction of sp³-hybridized carbons (Fsp3) is 0.150. The van der Waals surface area contributed by atoms with E-state index in [0.29, 0.717) is 21.3 Å². The average Bonchev–Trinajstić information content (AvgIpc) is 3.12. The van der Waals surface area contributed by atoms with E-state index in [-0.39, 0.29) is 10.8 Å². The molecule has 2 aromatic carbocycles. The number of nitrogens with zero attached hydrogens (tertiary/aromatic N) is 1. The second-order valence-corrected chi connectivity index (χ2v) is 7.25. The molecule has 0 radical (unpaired) electrons. The highest BCUT2D eigenvalue weighted by atomic mass is 32.1. The van der Waals surface area contributed by atoms with E-state index in [2.05, 4.69) is 5.32 Å². The van der Waals surface area contributed by atoms with Crippen LogP contribution in [0, 0.1) is 5.82 Å². The van der Waals surface area contributed by atoms with Crippen molar-refractivity contribution in [3.05, 3.63) is 64.8 Å². The van der Waals surface area contributed by atoms with Crippen LogP contribution < -0.4 is 5.32 Å². The second kappa shape index (κ2) is 8.18. The Labute approximate surface area is 164 Å². The number of ether oxygens (including phenoxy) is 1. The molecule has 3 rings (SSSR count). The topological polar surface area (TPSA) is 75.7 Å². The number of carbonyl (C=O) groups is 3. The quantitative estimate of drug-likeness (QED) is 0.665. The Kier molecular flexibility index (Phi) is 5.70. The minimum absolute atomic E-state index is 0.147. The fourth-order valence-electron chi connectivity index (χ4n) is 2.48. The molecule has 0 aliphatic rings. The van der Waals surface area contributed by atoms with Crippen LogP contribution in [0.3, 0.4) is 0 Å². The molecule has 144 valence electrons. The van der Waals surface area contributed by atoms with Crippen LogP contribution in [0.1, 0.15) is 20.0 Å². The van der Waals surface area contributed by atoms with E-state index in [1.807, 2.05) is 0 Å². The lowest BCUT2D eigenvalue weighted by atomic mass is 10.2. The molecule has 6 nitrogen and oxygen atoms in total. The highest BCUT2D eigenvalue weighted by Crippen LogP contribution is 2.28. The van der Waals surface area contributed by atoms with Gasteiger partial charge in [-0.3, -0.25) is 9.59 Å². The summed E-state index contributed by atoms with van der Waals surface area (Å²) in [6, 6.07) is 12.4. The monoisotopic (exact) mass is 400 g/mol. The van der Waals surface area contributed by atoms with Gasteiger partial charge in [0.05, 0.1) is 0 Å². The number of halogens is 1. The van der Waals surface area contributed by atoms with Gasteiger partial charge in [0.25, 0.3) is 11.8 Å². The Morgan fingerprint density at radius 1 is 1.11 bits per heavy atom. The molecule has 0 aliphatic carbocycles. The number of hydrogen-bond donors (Lipinski definition) is 1. The zero-order valence-electron chi connectivity index (χ0n) is 15.2. The molecule has 0 spiro atoms. The van der Waals surface area contributed by atoms with Crippen LogP contribution in [-0.2, 0) is 9.53 Å². The molecule has 8 heteroatoms. The fourth-order valence-corrected chi connectivity index (χ4v) is 3.45. The maximum Gasteiger partial charge on any atom is 0.348 e. The number of carbonyl (C=O) groups excluding carboxylic acids is 3. The zero-order valence-corrected chi connectivity index (χ0v) is 16.0. The number of benzene rings is 2. The Balaban J connectivity index is 1.57. The van der Waals surface area contributed by atoms with Gasteiger partial charge in [0.1, 0.15) is 10.7 Å². The third kappa shape index (κ3) is 4.34. The van der Waals surface area contributed by atoms with Crippen LogP contribution in [0.25, 0.3) is 10.1 Å². The van der Waals surface area contributed by atoms with Crippen LogP contribution in [-0.4, -0.2) is 43.4 Å². The lowest BCUT2D eigenvalue weighted by molar-refractivity contribution is -0.119. The van der Waals surface area contributed by atoms with Crippen molar-refractivity contribution in [3.63, 3.8) is 0 Å². The largest absolute Gasteiger partial charge is 0.451 e. The van der Waals surface area contributed by atoms with Crippen molar-refractivity contribution in [2.45, 2.75) is 0 Å². The minimum atomic E-state index is -0.692. The molecule has 0 fully saturated rings. The van der Waals surface area contributed by atoms with Crippen LogP contribution >= 0.6 is 11.3 Å². The summed E-state index contributed by atoms with van der Waals surface area (Å²) >= 11 is 1.10. The van der Waals surface area contributed by atoms with Gasteiger partial charge in [0, 0.05) is 35.4 Å². The maximum atomic E-state index is 13.7. The molecular weight excluding hydrogens is 383 g/mol. The van der Waals surface area contributed by atoms with Crippen LogP contribution in [0.2, 0.25) is 0 Å². The lowest BCUT2D eigenvalue weighted by Crippen LogP contribution is -2.22. The highest BCUT2D eigenvalue weighted by Gasteiger charge is 2.15. The van der Waals surface area contributed by atoms with E-state index >= 15 is 0 Å². The summed E-state index contributed by atoms with van der Waals surface area (Å²) in [7, 11) is 3.30. The first-order chi connectivity index (χ1) is 13.3. The molecule has 0 bridgehead atoms. The predicted molar refractivity (Wildman–Crippen MR) is 105 cm³/mol. The van der Waals surface area contributed by atoms with Gasteiger partial charge in [-0.15, -0.1) is 11.3 Å². The number of fused-ring (bicyclic) bond motifs is 1. The summed E-state index contributed by atoms with van der Waals surface area (Å²) in [5, 5.41) is 2.93. The standard InChI is InChI=1S/C20H17FN2O4S/c1-23(2)19(25)12-6-8-13(9-7-12)22-18(24)11-27-20(26)17-10-14-15(21)4-3-5-16(14)28-17/h3-10H,11H2,1-2H3,(H,22,24). The van der Waals surface area contributed by atoms with E-state index < -0.39 is 24.3 Å². The van der Waals surface area contributed by atoms with Crippen molar-refractivity contribution in [3.8, 4) is 0 Å². The smallest absolute Gasteiger partial charge is 0.348 e. The average molecular weight is 400 g/mol. The van der Waals surface area contributed by atoms with Crippen LogP contribution in [0.15, 0.2) is 48.5 Å². The Bertz CT molecular complexity index is 1040. The Hall–Kier alpha value is -3.26. The van der Waals surface area contributed by atoms with Gasteiger partial charge in [-0.05, 0) is 42.5 Å². The Morgan fingerprint density at radius 2 is 1.82 bits per heavy atom. The van der Waals surface area contributed by atoms with E-state index in [1.54, 1.807) is 50.5 Å². The molecule has 1 heterocycles. The van der Waals surface area contributed by atoms with Crippen molar-refractivity contribution in [1.82, 2.24) is 4.90 Å². The van der Waals surface area contributed by atoms with Gasteiger partial charge < -0.3 is 15.0 Å². The number of anilines is 1. The molecular formula is C20H17FN2O4S. The summed E-state index contributed by atoms with van der Waals surface area (Å²) in [4.78, 5) is 37.6.